The Kier molecular flexibility index (Phi) is 6.68. The van der Waals surface area contributed by atoms with Crippen LogP contribution in [0.3, 0.4) is 0 Å². The summed E-state index contributed by atoms with van der Waals surface area (Å²) in [6.45, 7) is 4.59. The number of methoxy groups -OCH3 is 2. The quantitative estimate of drug-likeness (QED) is 0.627. The second-order valence-electron chi connectivity index (χ2n) is 7.98. The molecule has 2 heterocycles. The lowest BCUT2D eigenvalue weighted by Crippen LogP contribution is -2.47. The van der Waals surface area contributed by atoms with Crippen LogP contribution in [0.4, 0.5) is 5.69 Å². The molecule has 172 valence electrons. The number of piperazine rings is 1. The first-order valence-electron chi connectivity index (χ1n) is 10.8. The van der Waals surface area contributed by atoms with Gasteiger partial charge in [-0.2, -0.15) is 4.31 Å². The molecular formula is C23H29N3O5S. The monoisotopic (exact) mass is 459 g/mol. The SMILES string of the molecule is COc1cccc(N2CCN(CCCN3CC(=O)c4c(OC)cccc4S3(=O)=O)CC2)c1. The van der Waals surface area contributed by atoms with E-state index in [1.54, 1.807) is 19.2 Å². The van der Waals surface area contributed by atoms with Crippen LogP contribution in [0, 0.1) is 0 Å². The second-order valence-corrected chi connectivity index (χ2v) is 9.89. The highest BCUT2D eigenvalue weighted by molar-refractivity contribution is 7.89. The maximum absolute atomic E-state index is 13.0. The summed E-state index contributed by atoms with van der Waals surface area (Å²) in [5, 5.41) is 0. The van der Waals surface area contributed by atoms with E-state index in [1.165, 1.54) is 17.5 Å². The van der Waals surface area contributed by atoms with E-state index < -0.39 is 10.0 Å². The molecule has 2 aliphatic rings. The van der Waals surface area contributed by atoms with E-state index in [9.17, 15) is 13.2 Å². The number of fused-ring (bicyclic) bond motifs is 1. The van der Waals surface area contributed by atoms with Gasteiger partial charge >= 0.3 is 0 Å². The van der Waals surface area contributed by atoms with Gasteiger partial charge in [-0.05, 0) is 37.2 Å². The highest BCUT2D eigenvalue weighted by atomic mass is 32.2. The molecule has 2 aromatic rings. The number of benzene rings is 2. The maximum atomic E-state index is 13.0. The molecule has 2 aromatic carbocycles. The van der Waals surface area contributed by atoms with Gasteiger partial charge in [0.2, 0.25) is 10.0 Å². The number of ketones is 1. The van der Waals surface area contributed by atoms with Crippen LogP contribution < -0.4 is 14.4 Å². The Balaban J connectivity index is 1.32. The molecule has 0 saturated carbocycles. The van der Waals surface area contributed by atoms with E-state index in [0.29, 0.717) is 18.7 Å². The number of anilines is 1. The van der Waals surface area contributed by atoms with Crippen LogP contribution in [0.1, 0.15) is 16.8 Å². The summed E-state index contributed by atoms with van der Waals surface area (Å²) >= 11 is 0. The number of nitrogens with zero attached hydrogens (tertiary/aromatic N) is 3. The van der Waals surface area contributed by atoms with Crippen LogP contribution in [-0.4, -0.2) is 83.4 Å². The topological polar surface area (TPSA) is 79.4 Å². The Bertz CT molecular complexity index is 1080. The number of ether oxygens (including phenoxy) is 2. The summed E-state index contributed by atoms with van der Waals surface area (Å²) in [6.07, 6.45) is 0.672. The summed E-state index contributed by atoms with van der Waals surface area (Å²) in [6, 6.07) is 12.8. The Morgan fingerprint density at radius 3 is 2.41 bits per heavy atom. The van der Waals surface area contributed by atoms with Crippen molar-refractivity contribution in [3.63, 3.8) is 0 Å². The largest absolute Gasteiger partial charge is 0.497 e. The molecule has 0 bridgehead atoms. The number of hydrogen-bond acceptors (Lipinski definition) is 7. The van der Waals surface area contributed by atoms with Gasteiger partial charge in [-0.1, -0.05) is 12.1 Å². The fourth-order valence-electron chi connectivity index (χ4n) is 4.34. The Morgan fingerprint density at radius 2 is 1.69 bits per heavy atom. The predicted molar refractivity (Wildman–Crippen MR) is 122 cm³/mol. The first kappa shape index (κ1) is 22.6. The molecular weight excluding hydrogens is 430 g/mol. The standard InChI is InChI=1S/C23H29N3O5S/c1-30-19-7-3-6-18(16-19)25-14-12-24(13-15-25)10-5-11-26-17-20(27)23-21(31-2)8-4-9-22(23)32(26,28)29/h3-4,6-9,16H,5,10-15,17H2,1-2H3. The van der Waals surface area contributed by atoms with E-state index >= 15 is 0 Å². The molecule has 32 heavy (non-hydrogen) atoms. The molecule has 0 N–H and O–H groups in total. The average molecular weight is 460 g/mol. The van der Waals surface area contributed by atoms with Gasteiger partial charge in [-0.3, -0.25) is 9.69 Å². The Labute approximate surface area is 189 Å². The fourth-order valence-corrected chi connectivity index (χ4v) is 6.00. The van der Waals surface area contributed by atoms with Crippen LogP contribution in [-0.2, 0) is 10.0 Å². The van der Waals surface area contributed by atoms with Crippen molar-refractivity contribution in [2.45, 2.75) is 11.3 Å². The van der Waals surface area contributed by atoms with Crippen molar-refractivity contribution in [2.24, 2.45) is 0 Å². The van der Waals surface area contributed by atoms with Crippen molar-refractivity contribution in [2.75, 3.05) is 64.9 Å². The molecule has 2 aliphatic heterocycles. The lowest BCUT2D eigenvalue weighted by molar-refractivity contribution is 0.0950. The first-order chi connectivity index (χ1) is 15.4. The normalized spacial score (nSPS) is 18.9. The van der Waals surface area contributed by atoms with E-state index in [1.807, 2.05) is 18.2 Å². The van der Waals surface area contributed by atoms with Crippen LogP contribution in [0.5, 0.6) is 11.5 Å². The minimum Gasteiger partial charge on any atom is -0.497 e. The summed E-state index contributed by atoms with van der Waals surface area (Å²) in [5.41, 5.74) is 1.32. The minimum atomic E-state index is -3.71. The minimum absolute atomic E-state index is 0.0417. The maximum Gasteiger partial charge on any atom is 0.244 e. The van der Waals surface area contributed by atoms with Gasteiger partial charge in [-0.15, -0.1) is 0 Å². The highest BCUT2D eigenvalue weighted by Gasteiger charge is 2.37. The van der Waals surface area contributed by atoms with E-state index in [0.717, 1.165) is 44.2 Å². The van der Waals surface area contributed by atoms with Crippen molar-refractivity contribution in [1.29, 1.82) is 0 Å². The van der Waals surface area contributed by atoms with Crippen molar-refractivity contribution in [3.05, 3.63) is 48.0 Å². The van der Waals surface area contributed by atoms with Crippen LogP contribution >= 0.6 is 0 Å². The molecule has 4 rings (SSSR count). The van der Waals surface area contributed by atoms with Crippen LogP contribution in [0.15, 0.2) is 47.4 Å². The second kappa shape index (κ2) is 9.48. The number of carbonyl (C=O) groups is 1. The summed E-state index contributed by atoms with van der Waals surface area (Å²) < 4.78 is 37.9. The molecule has 1 fully saturated rings. The zero-order chi connectivity index (χ0) is 22.7. The van der Waals surface area contributed by atoms with E-state index in [2.05, 4.69) is 15.9 Å². The van der Waals surface area contributed by atoms with Crippen molar-refractivity contribution in [1.82, 2.24) is 9.21 Å². The highest BCUT2D eigenvalue weighted by Crippen LogP contribution is 2.32. The number of hydrogen-bond donors (Lipinski definition) is 0. The fraction of sp³-hybridized carbons (Fsp3) is 0.435. The molecule has 0 unspecified atom stereocenters. The molecule has 0 aromatic heterocycles. The molecule has 9 heteroatoms. The summed E-state index contributed by atoms with van der Waals surface area (Å²) in [4.78, 5) is 17.3. The third kappa shape index (κ3) is 4.46. The van der Waals surface area contributed by atoms with Crippen LogP contribution in [0.25, 0.3) is 0 Å². The molecule has 0 atom stereocenters. The Hall–Kier alpha value is -2.62. The zero-order valence-electron chi connectivity index (χ0n) is 18.5. The smallest absolute Gasteiger partial charge is 0.244 e. The van der Waals surface area contributed by atoms with Gasteiger partial charge in [0.05, 0.1) is 31.2 Å². The molecule has 1 saturated heterocycles. The van der Waals surface area contributed by atoms with Gasteiger partial charge in [0.1, 0.15) is 11.5 Å². The molecule has 0 radical (unpaired) electrons. The van der Waals surface area contributed by atoms with Gasteiger partial charge in [-0.25, -0.2) is 8.42 Å². The summed E-state index contributed by atoms with van der Waals surface area (Å²) in [7, 11) is -0.600. The van der Waals surface area contributed by atoms with E-state index in [-0.39, 0.29) is 22.8 Å². The lowest BCUT2D eigenvalue weighted by atomic mass is 10.1. The Morgan fingerprint density at radius 1 is 0.938 bits per heavy atom. The molecule has 0 aliphatic carbocycles. The van der Waals surface area contributed by atoms with Gasteiger partial charge in [0.25, 0.3) is 0 Å². The summed E-state index contributed by atoms with van der Waals surface area (Å²) in [5.74, 6) is 0.935. The van der Waals surface area contributed by atoms with Crippen molar-refractivity contribution in [3.8, 4) is 11.5 Å². The number of rotatable bonds is 7. The van der Waals surface area contributed by atoms with Crippen LogP contribution in [0.2, 0.25) is 0 Å². The molecule has 0 amide bonds. The molecule has 8 nitrogen and oxygen atoms in total. The first-order valence-corrected chi connectivity index (χ1v) is 12.2. The number of carbonyl (C=O) groups excluding carboxylic acids is 1. The average Bonchev–Trinajstić information content (AvgIpc) is 2.82. The molecule has 0 spiro atoms. The zero-order valence-corrected chi connectivity index (χ0v) is 19.3. The van der Waals surface area contributed by atoms with Crippen molar-refractivity contribution >= 4 is 21.5 Å². The lowest BCUT2D eigenvalue weighted by Gasteiger charge is -2.36. The van der Waals surface area contributed by atoms with Crippen molar-refractivity contribution < 1.29 is 22.7 Å². The van der Waals surface area contributed by atoms with E-state index in [4.69, 9.17) is 9.47 Å². The van der Waals surface area contributed by atoms with Gasteiger partial charge < -0.3 is 14.4 Å². The number of sulfonamides is 1. The predicted octanol–water partition coefficient (Wildman–Crippen LogP) is 2.10. The number of Topliss-reactive ketones (excluding diaryl/α,β-unsaturated/α-hetero) is 1. The van der Waals surface area contributed by atoms with Gasteiger partial charge in [0, 0.05) is 44.5 Å². The van der Waals surface area contributed by atoms with Gasteiger partial charge in [0.15, 0.2) is 5.78 Å². The third-order valence-electron chi connectivity index (χ3n) is 6.10. The third-order valence-corrected chi connectivity index (χ3v) is 7.98.